The number of aromatic nitrogens is 3. The Morgan fingerprint density at radius 2 is 2.22 bits per heavy atom. The molecule has 4 rings (SSSR count). The zero-order chi connectivity index (χ0) is 25.8. The van der Waals surface area contributed by atoms with Crippen molar-refractivity contribution in [1.29, 1.82) is 5.41 Å². The summed E-state index contributed by atoms with van der Waals surface area (Å²) in [5.74, 6) is -0.971. The van der Waals surface area contributed by atoms with Crippen molar-refractivity contribution in [2.75, 3.05) is 7.11 Å². The van der Waals surface area contributed by atoms with Gasteiger partial charge in [-0.2, -0.15) is 10.2 Å². The number of rotatable bonds is 9. The quantitative estimate of drug-likeness (QED) is 0.212. The molecule has 0 fully saturated rings. The van der Waals surface area contributed by atoms with Crippen LogP contribution in [0.25, 0.3) is 0 Å². The molecule has 0 saturated heterocycles. The number of carboxylic acids is 1. The molecule has 36 heavy (non-hydrogen) atoms. The summed E-state index contributed by atoms with van der Waals surface area (Å²) in [6.07, 6.45) is 1.84. The molecule has 2 aromatic rings. The van der Waals surface area contributed by atoms with Gasteiger partial charge in [-0.15, -0.1) is 0 Å². The second kappa shape index (κ2) is 10.3. The van der Waals surface area contributed by atoms with E-state index in [2.05, 4.69) is 31.3 Å². The number of methoxy groups -OCH3 is 1. The van der Waals surface area contributed by atoms with Crippen molar-refractivity contribution >= 4 is 23.4 Å². The maximum Gasteiger partial charge on any atom is 0.307 e. The number of aliphatic imine (C=N–C) groups is 1. The van der Waals surface area contributed by atoms with Crippen LogP contribution in [0.3, 0.4) is 0 Å². The molecule has 1 aliphatic heterocycles. The summed E-state index contributed by atoms with van der Waals surface area (Å²) in [6.45, 7) is 1.82. The fourth-order valence-corrected chi connectivity index (χ4v) is 3.88. The average Bonchev–Trinajstić information content (AvgIpc) is 3.33. The molecule has 0 saturated carbocycles. The van der Waals surface area contributed by atoms with Crippen molar-refractivity contribution < 1.29 is 19.4 Å². The van der Waals surface area contributed by atoms with Gasteiger partial charge in [0.25, 0.3) is 0 Å². The highest BCUT2D eigenvalue weighted by Gasteiger charge is 2.31. The van der Waals surface area contributed by atoms with Crippen molar-refractivity contribution in [3.8, 4) is 5.88 Å². The van der Waals surface area contributed by atoms with Gasteiger partial charge in [0.15, 0.2) is 11.9 Å². The molecule has 2 aromatic heterocycles. The van der Waals surface area contributed by atoms with Crippen molar-refractivity contribution in [1.82, 2.24) is 31.3 Å². The van der Waals surface area contributed by atoms with Gasteiger partial charge in [0.1, 0.15) is 23.4 Å². The van der Waals surface area contributed by atoms with Gasteiger partial charge in [0.05, 0.1) is 13.5 Å². The third kappa shape index (κ3) is 5.36. The Labute approximate surface area is 206 Å². The Morgan fingerprint density at radius 1 is 1.42 bits per heavy atom. The number of carbonyl (C=O) groups is 2. The monoisotopic (exact) mass is 491 g/mol. The third-order valence-electron chi connectivity index (χ3n) is 5.55. The van der Waals surface area contributed by atoms with E-state index in [4.69, 9.17) is 20.9 Å². The van der Waals surface area contributed by atoms with E-state index < -0.39 is 30.4 Å². The third-order valence-corrected chi connectivity index (χ3v) is 5.55. The summed E-state index contributed by atoms with van der Waals surface area (Å²) in [5.41, 5.74) is 14.6. The first-order valence-corrected chi connectivity index (χ1v) is 10.9. The number of aryl methyl sites for hydroxylation is 1. The summed E-state index contributed by atoms with van der Waals surface area (Å²) >= 11 is 0. The average molecular weight is 492 g/mol. The van der Waals surface area contributed by atoms with Crippen molar-refractivity contribution in [3.63, 3.8) is 0 Å². The van der Waals surface area contributed by atoms with Crippen LogP contribution in [-0.4, -0.2) is 50.8 Å². The maximum absolute atomic E-state index is 12.5. The van der Waals surface area contributed by atoms with E-state index in [0.29, 0.717) is 34.4 Å². The Bertz CT molecular complexity index is 1300. The topological polar surface area (TPSA) is 201 Å². The SMILES string of the molecule is COc1cc(C(NC2=C(C(=N)N)CC(=O)C(CC(=O)O)=C2)C2=N[C@H](c3cccnn3)NN2)cc(C)n1. The molecule has 0 amide bonds. The Balaban J connectivity index is 1.79. The van der Waals surface area contributed by atoms with Crippen LogP contribution >= 0.6 is 0 Å². The molecular formula is C23H25N9O4. The Hall–Kier alpha value is -4.65. The number of hydrazine groups is 1. The van der Waals surface area contributed by atoms with E-state index in [1.807, 2.05) is 13.0 Å². The van der Waals surface area contributed by atoms with E-state index in [1.54, 1.807) is 24.4 Å². The lowest BCUT2D eigenvalue weighted by Crippen LogP contribution is -2.40. The lowest BCUT2D eigenvalue weighted by atomic mass is 9.91. The molecule has 1 aliphatic carbocycles. The minimum absolute atomic E-state index is 0.106. The summed E-state index contributed by atoms with van der Waals surface area (Å²) in [6, 6.07) is 6.46. The molecular weight excluding hydrogens is 466 g/mol. The number of ether oxygens (including phenoxy) is 1. The molecule has 0 radical (unpaired) electrons. The fourth-order valence-electron chi connectivity index (χ4n) is 3.88. The number of aliphatic carboxylic acids is 1. The van der Waals surface area contributed by atoms with Gasteiger partial charge in [-0.1, -0.05) is 0 Å². The van der Waals surface area contributed by atoms with Gasteiger partial charge < -0.3 is 26.3 Å². The molecule has 3 heterocycles. The van der Waals surface area contributed by atoms with Gasteiger partial charge in [-0.25, -0.2) is 15.4 Å². The van der Waals surface area contributed by atoms with Crippen LogP contribution in [0.5, 0.6) is 5.88 Å². The van der Waals surface area contributed by atoms with Crippen molar-refractivity contribution in [2.45, 2.75) is 32.0 Å². The number of Topliss-reactive ketones (excluding diaryl/α,β-unsaturated/α-hetero) is 1. The number of allylic oxidation sites excluding steroid dienone is 1. The first kappa shape index (κ1) is 24.5. The zero-order valence-corrected chi connectivity index (χ0v) is 19.6. The van der Waals surface area contributed by atoms with Gasteiger partial charge >= 0.3 is 5.97 Å². The predicted molar refractivity (Wildman–Crippen MR) is 129 cm³/mol. The van der Waals surface area contributed by atoms with E-state index in [0.717, 1.165) is 0 Å². The van der Waals surface area contributed by atoms with Gasteiger partial charge in [0, 0.05) is 41.2 Å². The highest BCUT2D eigenvalue weighted by atomic mass is 16.5. The molecule has 7 N–H and O–H groups in total. The van der Waals surface area contributed by atoms with E-state index in [1.165, 1.54) is 13.2 Å². The van der Waals surface area contributed by atoms with Crippen molar-refractivity contribution in [3.05, 3.63) is 70.3 Å². The van der Waals surface area contributed by atoms with Crippen LogP contribution < -0.4 is 26.6 Å². The molecule has 2 atom stereocenters. The standard InChI is InChI=1S/C23H25N9O4/c1-11-6-13(8-18(27-11)36-2)20(23-29-22(31-32-23)15-4-3-5-26-30-15)28-16-7-12(9-19(34)35)17(33)10-14(16)21(24)25/h3-8,20,22,28,31H,9-10H2,1-2H3,(H3,24,25)(H,29,32)(H,34,35)/t20?,22-/m0/s1. The maximum atomic E-state index is 12.5. The van der Waals surface area contributed by atoms with Crippen LogP contribution in [0.2, 0.25) is 0 Å². The molecule has 0 aromatic carbocycles. The normalized spacial score (nSPS) is 18.2. The molecule has 13 nitrogen and oxygen atoms in total. The van der Waals surface area contributed by atoms with Crippen LogP contribution in [-0.2, 0) is 9.59 Å². The predicted octanol–water partition coefficient (Wildman–Crippen LogP) is 0.588. The van der Waals surface area contributed by atoms with Gasteiger partial charge in [-0.3, -0.25) is 15.0 Å². The second-order valence-corrected chi connectivity index (χ2v) is 8.14. The van der Waals surface area contributed by atoms with Gasteiger partial charge in [0.2, 0.25) is 5.88 Å². The van der Waals surface area contributed by atoms with Crippen LogP contribution in [0.1, 0.15) is 42.0 Å². The van der Waals surface area contributed by atoms with Crippen molar-refractivity contribution in [2.24, 2.45) is 10.7 Å². The van der Waals surface area contributed by atoms with E-state index >= 15 is 0 Å². The minimum Gasteiger partial charge on any atom is -0.481 e. The lowest BCUT2D eigenvalue weighted by Gasteiger charge is -2.26. The van der Waals surface area contributed by atoms with Crippen LogP contribution in [0.15, 0.2) is 58.4 Å². The number of nitrogens with two attached hydrogens (primary N) is 1. The largest absolute Gasteiger partial charge is 0.481 e. The number of amidine groups is 2. The number of nitrogens with zero attached hydrogens (tertiary/aromatic N) is 4. The molecule has 13 heteroatoms. The number of pyridine rings is 1. The molecule has 2 aliphatic rings. The summed E-state index contributed by atoms with van der Waals surface area (Å²) in [4.78, 5) is 32.9. The number of carboxylic acid groups (broad SMARTS) is 1. The molecule has 0 bridgehead atoms. The molecule has 1 unspecified atom stereocenters. The smallest absolute Gasteiger partial charge is 0.307 e. The minimum atomic E-state index is -1.14. The zero-order valence-electron chi connectivity index (χ0n) is 19.6. The van der Waals surface area contributed by atoms with Crippen LogP contribution in [0, 0.1) is 12.3 Å². The first-order chi connectivity index (χ1) is 17.2. The fraction of sp³-hybridized carbons (Fsp3) is 0.261. The number of carbonyl (C=O) groups excluding carboxylic acids is 1. The number of hydrogen-bond acceptors (Lipinski definition) is 11. The summed E-state index contributed by atoms with van der Waals surface area (Å²) in [7, 11) is 1.51. The highest BCUT2D eigenvalue weighted by Crippen LogP contribution is 2.28. The summed E-state index contributed by atoms with van der Waals surface area (Å²) in [5, 5.41) is 28.5. The Morgan fingerprint density at radius 3 is 2.89 bits per heavy atom. The van der Waals surface area contributed by atoms with Crippen LogP contribution in [0.4, 0.5) is 0 Å². The summed E-state index contributed by atoms with van der Waals surface area (Å²) < 4.78 is 5.34. The highest BCUT2D eigenvalue weighted by molar-refractivity contribution is 6.09. The van der Waals surface area contributed by atoms with E-state index in [9.17, 15) is 14.7 Å². The lowest BCUT2D eigenvalue weighted by molar-refractivity contribution is -0.137. The number of hydrogen-bond donors (Lipinski definition) is 6. The molecule has 186 valence electrons. The molecule has 0 spiro atoms. The second-order valence-electron chi connectivity index (χ2n) is 8.14. The number of ketones is 1. The number of nitrogens with one attached hydrogen (secondary N) is 4. The van der Waals surface area contributed by atoms with Gasteiger partial charge in [-0.05, 0) is 36.8 Å². The Kier molecular flexibility index (Phi) is 7.01. The van der Waals surface area contributed by atoms with E-state index in [-0.39, 0.29) is 23.4 Å². The first-order valence-electron chi connectivity index (χ1n) is 10.9.